The molecular weight excluding hydrogens is 332 g/mol. The van der Waals surface area contributed by atoms with Crippen LogP contribution in [0.3, 0.4) is 0 Å². The first-order valence-corrected chi connectivity index (χ1v) is 10.1. The van der Waals surface area contributed by atoms with Crippen molar-refractivity contribution >= 4 is 0 Å². The Hall–Kier alpha value is -1.47. The van der Waals surface area contributed by atoms with Crippen molar-refractivity contribution in [2.45, 2.75) is 76.7 Å². The van der Waals surface area contributed by atoms with Crippen LogP contribution in [-0.4, -0.2) is 12.7 Å². The van der Waals surface area contributed by atoms with E-state index in [1.165, 1.54) is 25.0 Å². The highest BCUT2D eigenvalue weighted by atomic mass is 19.1. The minimum atomic E-state index is -0.728. The first-order valence-electron chi connectivity index (χ1n) is 10.1. The zero-order valence-electron chi connectivity index (χ0n) is 15.6. The topological polar surface area (TPSA) is 33.0 Å². The lowest BCUT2D eigenvalue weighted by molar-refractivity contribution is -0.0163. The van der Waals surface area contributed by atoms with E-state index in [2.05, 4.69) is 6.92 Å². The van der Waals surface area contributed by atoms with Crippen LogP contribution in [0.25, 0.3) is 0 Å². The molecule has 2 aliphatic carbocycles. The summed E-state index contributed by atoms with van der Waals surface area (Å²) in [4.78, 5) is 0. The summed E-state index contributed by atoms with van der Waals surface area (Å²) >= 11 is 0. The van der Waals surface area contributed by atoms with Gasteiger partial charge in [-0.2, -0.15) is 5.26 Å². The summed E-state index contributed by atoms with van der Waals surface area (Å²) in [6.07, 6.45) is 10.5. The second-order valence-corrected chi connectivity index (χ2v) is 8.01. The highest BCUT2D eigenvalue weighted by Crippen LogP contribution is 2.47. The van der Waals surface area contributed by atoms with Crippen LogP contribution in [0.2, 0.25) is 0 Å². The minimum Gasteiger partial charge on any atom is -0.378 e. The second-order valence-electron chi connectivity index (χ2n) is 8.01. The fraction of sp³-hybridized carbons (Fsp3) is 0.682. The van der Waals surface area contributed by atoms with Crippen molar-refractivity contribution in [1.29, 1.82) is 5.26 Å². The molecule has 0 heterocycles. The molecule has 0 amide bonds. The van der Waals surface area contributed by atoms with E-state index in [1.807, 2.05) is 0 Å². The van der Waals surface area contributed by atoms with Crippen LogP contribution in [0.15, 0.2) is 12.1 Å². The summed E-state index contributed by atoms with van der Waals surface area (Å²) in [6, 6.07) is 4.34. The van der Waals surface area contributed by atoms with Crippen LogP contribution in [0.1, 0.15) is 81.8 Å². The van der Waals surface area contributed by atoms with Crippen LogP contribution in [-0.2, 0) is 4.74 Å². The number of fused-ring (bicyclic) bond motifs is 1. The maximum atomic E-state index is 13.9. The molecule has 1 aromatic carbocycles. The average Bonchev–Trinajstić information content (AvgIpc) is 2.64. The fourth-order valence-electron chi connectivity index (χ4n) is 4.84. The highest BCUT2D eigenvalue weighted by molar-refractivity contribution is 5.36. The number of unbranched alkanes of at least 4 members (excludes halogenated alkanes) is 2. The zero-order chi connectivity index (χ0) is 18.5. The number of nitriles is 1. The maximum absolute atomic E-state index is 13.9. The molecule has 2 saturated carbocycles. The molecule has 0 radical (unpaired) electrons. The summed E-state index contributed by atoms with van der Waals surface area (Å²) < 4.78 is 34.0. The number of hydrogen-bond acceptors (Lipinski definition) is 2. The molecule has 0 aromatic heterocycles. The highest BCUT2D eigenvalue weighted by Gasteiger charge is 2.36. The Balaban J connectivity index is 1.56. The molecule has 26 heavy (non-hydrogen) atoms. The fourth-order valence-corrected chi connectivity index (χ4v) is 4.84. The standard InChI is InChI=1S/C22H29F2NO/c1-2-3-4-9-26-19-8-7-15-10-16(5-6-17(15)11-19)18-12-21(23)20(14-25)22(24)13-18/h12-13,15-17,19H,2-11H2,1H3. The lowest BCUT2D eigenvalue weighted by Gasteiger charge is -2.42. The van der Waals surface area contributed by atoms with Crippen LogP contribution in [0.5, 0.6) is 0 Å². The lowest BCUT2D eigenvalue weighted by Crippen LogP contribution is -2.34. The van der Waals surface area contributed by atoms with Crippen LogP contribution in [0, 0.1) is 34.8 Å². The Kier molecular flexibility index (Phi) is 6.64. The minimum absolute atomic E-state index is 0.204. The van der Waals surface area contributed by atoms with Gasteiger partial charge in [0.2, 0.25) is 0 Å². The molecule has 4 unspecified atom stereocenters. The van der Waals surface area contributed by atoms with Gasteiger partial charge in [-0.15, -0.1) is 0 Å². The molecule has 2 aliphatic rings. The van der Waals surface area contributed by atoms with Gasteiger partial charge in [0.15, 0.2) is 0 Å². The third kappa shape index (κ3) is 4.43. The Morgan fingerprint density at radius 1 is 1.04 bits per heavy atom. The van der Waals surface area contributed by atoms with Gasteiger partial charge in [-0.25, -0.2) is 8.78 Å². The van der Waals surface area contributed by atoms with Crippen LogP contribution < -0.4 is 0 Å². The molecular formula is C22H29F2NO. The molecule has 0 bridgehead atoms. The number of benzene rings is 1. The third-order valence-electron chi connectivity index (χ3n) is 6.31. The molecule has 3 rings (SSSR count). The van der Waals surface area contributed by atoms with Gasteiger partial charge in [-0.05, 0) is 80.4 Å². The Labute approximate surface area is 155 Å². The quantitative estimate of drug-likeness (QED) is 0.574. The molecule has 4 atom stereocenters. The van der Waals surface area contributed by atoms with Crippen molar-refractivity contribution in [2.75, 3.05) is 6.61 Å². The molecule has 2 nitrogen and oxygen atoms in total. The summed E-state index contributed by atoms with van der Waals surface area (Å²) in [5.74, 6) is 0.0629. The predicted octanol–water partition coefficient (Wildman–Crippen LogP) is 6.10. The Bertz CT molecular complexity index is 631. The van der Waals surface area contributed by atoms with E-state index in [0.717, 1.165) is 57.1 Å². The number of hydrogen-bond donors (Lipinski definition) is 0. The van der Waals surface area contributed by atoms with Crippen molar-refractivity contribution in [3.63, 3.8) is 0 Å². The first kappa shape index (κ1) is 19.3. The summed E-state index contributed by atoms with van der Waals surface area (Å²) in [5.41, 5.74) is 0.249. The monoisotopic (exact) mass is 361 g/mol. The largest absolute Gasteiger partial charge is 0.378 e. The van der Waals surface area contributed by atoms with Gasteiger partial charge >= 0.3 is 0 Å². The first-order chi connectivity index (χ1) is 12.6. The predicted molar refractivity (Wildman–Crippen MR) is 97.8 cm³/mol. The number of halogens is 2. The maximum Gasteiger partial charge on any atom is 0.144 e. The van der Waals surface area contributed by atoms with Crippen LogP contribution in [0.4, 0.5) is 8.78 Å². The zero-order valence-corrected chi connectivity index (χ0v) is 15.6. The van der Waals surface area contributed by atoms with Gasteiger partial charge < -0.3 is 4.74 Å². The Morgan fingerprint density at radius 3 is 2.42 bits per heavy atom. The van der Waals surface area contributed by atoms with Crippen molar-refractivity contribution in [3.05, 3.63) is 34.9 Å². The SMILES string of the molecule is CCCCCOC1CCC2CC(c3cc(F)c(C#N)c(F)c3)CCC2C1. The summed E-state index contributed by atoms with van der Waals surface area (Å²) in [7, 11) is 0. The molecule has 0 saturated heterocycles. The average molecular weight is 361 g/mol. The van der Waals surface area contributed by atoms with Gasteiger partial charge in [0.25, 0.3) is 0 Å². The van der Waals surface area contributed by atoms with Crippen molar-refractivity contribution < 1.29 is 13.5 Å². The van der Waals surface area contributed by atoms with Crippen molar-refractivity contribution in [1.82, 2.24) is 0 Å². The van der Waals surface area contributed by atoms with E-state index in [0.29, 0.717) is 17.9 Å². The molecule has 2 fully saturated rings. The van der Waals surface area contributed by atoms with Crippen molar-refractivity contribution in [2.24, 2.45) is 11.8 Å². The van der Waals surface area contributed by atoms with E-state index >= 15 is 0 Å². The molecule has 4 heteroatoms. The number of ether oxygens (including phenoxy) is 1. The molecule has 1 aromatic rings. The van der Waals surface area contributed by atoms with Gasteiger partial charge in [0, 0.05) is 6.61 Å². The second kappa shape index (κ2) is 8.95. The van der Waals surface area contributed by atoms with E-state index in [-0.39, 0.29) is 5.92 Å². The van der Waals surface area contributed by atoms with Gasteiger partial charge in [-0.3, -0.25) is 0 Å². The van der Waals surface area contributed by atoms with Gasteiger partial charge in [-0.1, -0.05) is 19.8 Å². The van der Waals surface area contributed by atoms with Crippen molar-refractivity contribution in [3.8, 4) is 6.07 Å². The van der Waals surface area contributed by atoms with E-state index in [9.17, 15) is 8.78 Å². The number of rotatable bonds is 6. The number of nitrogens with zero attached hydrogens (tertiary/aromatic N) is 1. The lowest BCUT2D eigenvalue weighted by atomic mass is 9.65. The van der Waals surface area contributed by atoms with Gasteiger partial charge in [0.1, 0.15) is 23.3 Å². The molecule has 142 valence electrons. The molecule has 0 N–H and O–H groups in total. The normalized spacial score (nSPS) is 28.4. The van der Waals surface area contributed by atoms with Gasteiger partial charge in [0.05, 0.1) is 6.10 Å². The Morgan fingerprint density at radius 2 is 1.73 bits per heavy atom. The molecule has 0 aliphatic heterocycles. The smallest absolute Gasteiger partial charge is 0.144 e. The van der Waals surface area contributed by atoms with E-state index in [4.69, 9.17) is 10.00 Å². The van der Waals surface area contributed by atoms with E-state index < -0.39 is 17.2 Å². The van der Waals surface area contributed by atoms with Crippen LogP contribution >= 0.6 is 0 Å². The van der Waals surface area contributed by atoms with E-state index in [1.54, 1.807) is 6.07 Å². The summed E-state index contributed by atoms with van der Waals surface area (Å²) in [6.45, 7) is 3.08. The summed E-state index contributed by atoms with van der Waals surface area (Å²) in [5, 5.41) is 8.83. The molecule has 0 spiro atoms. The third-order valence-corrected chi connectivity index (χ3v) is 6.31.